The summed E-state index contributed by atoms with van der Waals surface area (Å²) < 4.78 is 6.22. The van der Waals surface area contributed by atoms with Crippen molar-refractivity contribution in [3.8, 4) is 0 Å². The van der Waals surface area contributed by atoms with Crippen molar-refractivity contribution in [2.45, 2.75) is 6.10 Å². The first kappa shape index (κ1) is 9.36. The van der Waals surface area contributed by atoms with Crippen LogP contribution < -0.4 is 0 Å². The van der Waals surface area contributed by atoms with E-state index in [1.165, 1.54) is 18.9 Å². The van der Waals surface area contributed by atoms with E-state index >= 15 is 0 Å². The summed E-state index contributed by atoms with van der Waals surface area (Å²) >= 11 is 10.1. The molecule has 5 heteroatoms. The molecule has 0 aliphatic carbocycles. The highest BCUT2D eigenvalue weighted by Gasteiger charge is 2.29. The van der Waals surface area contributed by atoms with Gasteiger partial charge in [-0.05, 0) is 0 Å². The minimum atomic E-state index is -0.356. The van der Waals surface area contributed by atoms with Gasteiger partial charge in [0.1, 0.15) is 17.0 Å². The molecule has 0 aromatic carbocycles. The van der Waals surface area contributed by atoms with Gasteiger partial charge in [0.2, 0.25) is 0 Å². The highest BCUT2D eigenvalue weighted by molar-refractivity contribution is 9.12. The molecule has 1 unspecified atom stereocenters. The summed E-state index contributed by atoms with van der Waals surface area (Å²) in [6, 6.07) is 0. The largest absolute Gasteiger partial charge is 0.370 e. The van der Waals surface area contributed by atoms with Crippen molar-refractivity contribution < 1.29 is 9.53 Å². The number of thioether (sulfide) groups is 1. The zero-order valence-electron chi connectivity index (χ0n) is 5.56. The maximum absolute atomic E-state index is 10.3. The molecule has 60 valence electrons. The molecule has 1 aliphatic heterocycles. The molecule has 1 rings (SSSR count). The lowest BCUT2D eigenvalue weighted by Gasteiger charge is -2.05. The second-order valence-electron chi connectivity index (χ2n) is 1.81. The molecule has 0 bridgehead atoms. The van der Waals surface area contributed by atoms with E-state index in [-0.39, 0.29) is 6.10 Å². The SMILES string of the molecule is COC1C(=C=O)SC(Cl)=C1Br. The van der Waals surface area contributed by atoms with Gasteiger partial charge in [-0.2, -0.15) is 0 Å². The molecule has 0 amide bonds. The first-order chi connectivity index (χ1) is 5.20. The van der Waals surface area contributed by atoms with Gasteiger partial charge >= 0.3 is 0 Å². The van der Waals surface area contributed by atoms with E-state index < -0.39 is 0 Å². The fourth-order valence-electron chi connectivity index (χ4n) is 0.702. The van der Waals surface area contributed by atoms with Gasteiger partial charge in [-0.15, -0.1) is 0 Å². The van der Waals surface area contributed by atoms with Gasteiger partial charge in [-0.1, -0.05) is 39.3 Å². The summed E-state index contributed by atoms with van der Waals surface area (Å²) in [4.78, 5) is 10.8. The smallest absolute Gasteiger partial charge is 0.138 e. The van der Waals surface area contributed by atoms with Crippen LogP contribution in [-0.2, 0) is 9.53 Å². The second-order valence-corrected chi connectivity index (χ2v) is 4.31. The van der Waals surface area contributed by atoms with Crippen molar-refractivity contribution in [2.75, 3.05) is 7.11 Å². The monoisotopic (exact) mass is 254 g/mol. The van der Waals surface area contributed by atoms with Crippen LogP contribution in [0.5, 0.6) is 0 Å². The Bertz CT molecular complexity index is 257. The Kier molecular flexibility index (Phi) is 3.22. The van der Waals surface area contributed by atoms with Crippen LogP contribution in [0.2, 0.25) is 0 Å². The lowest BCUT2D eigenvalue weighted by molar-refractivity contribution is 0.175. The average molecular weight is 256 g/mol. The van der Waals surface area contributed by atoms with Crippen molar-refractivity contribution in [2.24, 2.45) is 0 Å². The second kappa shape index (κ2) is 3.78. The summed E-state index contributed by atoms with van der Waals surface area (Å²) in [6.07, 6.45) is -0.356. The van der Waals surface area contributed by atoms with Crippen LogP contribution >= 0.6 is 39.3 Å². The summed E-state index contributed by atoms with van der Waals surface area (Å²) in [7, 11) is 1.51. The predicted octanol–water partition coefficient (Wildman–Crippen LogP) is 2.27. The van der Waals surface area contributed by atoms with Crippen molar-refractivity contribution in [1.29, 1.82) is 0 Å². The Hall–Kier alpha value is 0.270. The van der Waals surface area contributed by atoms with Crippen LogP contribution in [0.3, 0.4) is 0 Å². The number of methoxy groups -OCH3 is 1. The Labute approximate surface area is 81.7 Å². The highest BCUT2D eigenvalue weighted by Crippen LogP contribution is 2.45. The molecule has 0 radical (unpaired) electrons. The minimum absolute atomic E-state index is 0.356. The first-order valence-corrected chi connectivity index (χ1v) is 4.70. The van der Waals surface area contributed by atoms with Crippen LogP contribution in [0.1, 0.15) is 0 Å². The van der Waals surface area contributed by atoms with Crippen LogP contribution in [0.4, 0.5) is 0 Å². The number of ether oxygens (including phenoxy) is 1. The van der Waals surface area contributed by atoms with E-state index in [0.29, 0.717) is 13.8 Å². The van der Waals surface area contributed by atoms with Crippen molar-refractivity contribution in [3.63, 3.8) is 0 Å². The maximum Gasteiger partial charge on any atom is 0.138 e. The Balaban J connectivity index is 2.96. The third kappa shape index (κ3) is 1.71. The van der Waals surface area contributed by atoms with Crippen molar-refractivity contribution in [1.82, 2.24) is 0 Å². The topological polar surface area (TPSA) is 26.3 Å². The Morgan fingerprint density at radius 3 is 2.82 bits per heavy atom. The minimum Gasteiger partial charge on any atom is -0.370 e. The van der Waals surface area contributed by atoms with Crippen LogP contribution in [0, 0.1) is 0 Å². The molecule has 0 fully saturated rings. The van der Waals surface area contributed by atoms with Crippen LogP contribution in [-0.4, -0.2) is 19.2 Å². The van der Waals surface area contributed by atoms with Gasteiger partial charge in [-0.3, -0.25) is 0 Å². The molecule has 1 heterocycles. The molecule has 1 atom stereocenters. The molecule has 0 saturated carbocycles. The number of rotatable bonds is 1. The molecule has 2 nitrogen and oxygen atoms in total. The van der Waals surface area contributed by atoms with Gasteiger partial charge in [0, 0.05) is 7.11 Å². The fraction of sp³-hybridized carbons (Fsp3) is 0.333. The zero-order valence-corrected chi connectivity index (χ0v) is 8.72. The number of carbonyl (C=O) groups excluding carboxylic acids is 1. The van der Waals surface area contributed by atoms with E-state index in [1.54, 1.807) is 5.94 Å². The maximum atomic E-state index is 10.3. The Morgan fingerprint density at radius 2 is 2.45 bits per heavy atom. The summed E-state index contributed by atoms with van der Waals surface area (Å²) in [5.74, 6) is 1.77. The molecular formula is C6H4BrClO2S. The fourth-order valence-corrected chi connectivity index (χ4v) is 2.62. The van der Waals surface area contributed by atoms with Gasteiger partial charge in [0.05, 0.1) is 8.85 Å². The third-order valence-electron chi connectivity index (χ3n) is 1.19. The average Bonchev–Trinajstić information content (AvgIpc) is 2.28. The van der Waals surface area contributed by atoms with Crippen LogP contribution in [0.15, 0.2) is 13.8 Å². The van der Waals surface area contributed by atoms with Gasteiger partial charge in [0.15, 0.2) is 0 Å². The lowest BCUT2D eigenvalue weighted by atomic mass is 10.3. The lowest BCUT2D eigenvalue weighted by Crippen LogP contribution is -2.08. The molecular weight excluding hydrogens is 251 g/mol. The van der Waals surface area contributed by atoms with Gasteiger partial charge in [0.25, 0.3) is 0 Å². The Morgan fingerprint density at radius 1 is 1.82 bits per heavy atom. The third-order valence-corrected chi connectivity index (χ3v) is 3.85. The molecule has 0 N–H and O–H groups in total. The summed E-state index contributed by atoms with van der Waals surface area (Å²) in [5.41, 5.74) is 0. The molecule has 0 aromatic heterocycles. The summed E-state index contributed by atoms with van der Waals surface area (Å²) in [5, 5.41) is 0. The molecule has 11 heavy (non-hydrogen) atoms. The summed E-state index contributed by atoms with van der Waals surface area (Å²) in [6.45, 7) is 0. The number of hydrogen-bond acceptors (Lipinski definition) is 3. The normalized spacial score (nSPS) is 24.3. The number of halogens is 2. The molecule has 0 spiro atoms. The van der Waals surface area contributed by atoms with Gasteiger partial charge in [-0.25, -0.2) is 4.79 Å². The first-order valence-electron chi connectivity index (χ1n) is 2.71. The van der Waals surface area contributed by atoms with E-state index in [4.69, 9.17) is 16.3 Å². The van der Waals surface area contributed by atoms with E-state index in [9.17, 15) is 4.79 Å². The van der Waals surface area contributed by atoms with Crippen molar-refractivity contribution in [3.05, 3.63) is 13.8 Å². The molecule has 1 aliphatic rings. The van der Waals surface area contributed by atoms with Crippen molar-refractivity contribution >= 4 is 45.2 Å². The number of hydrogen-bond donors (Lipinski definition) is 0. The van der Waals surface area contributed by atoms with Gasteiger partial charge < -0.3 is 4.74 Å². The molecule has 0 saturated heterocycles. The highest BCUT2D eigenvalue weighted by atomic mass is 79.9. The quantitative estimate of drug-likeness (QED) is 0.672. The standard InChI is InChI=1S/C6H4BrClO2S/c1-10-5-3(2-9)11-6(8)4(5)7/h5H,1H3. The van der Waals surface area contributed by atoms with E-state index in [2.05, 4.69) is 15.9 Å². The zero-order chi connectivity index (χ0) is 8.43. The van der Waals surface area contributed by atoms with E-state index in [0.717, 1.165) is 0 Å². The van der Waals surface area contributed by atoms with E-state index in [1.807, 2.05) is 0 Å². The van der Waals surface area contributed by atoms with Crippen LogP contribution in [0.25, 0.3) is 0 Å². The molecule has 0 aromatic rings. The predicted molar refractivity (Wildman–Crippen MR) is 49.4 cm³/mol.